The molecule has 2 aromatic rings. The molecule has 0 saturated carbocycles. The molecule has 1 N–H and O–H groups in total. The molecule has 114 valence electrons. The molecule has 22 heavy (non-hydrogen) atoms. The van der Waals surface area contributed by atoms with Crippen LogP contribution in [0.4, 0.5) is 11.5 Å². The maximum absolute atomic E-state index is 11.3. The number of nitrogens with one attached hydrogen (secondary N) is 1. The van der Waals surface area contributed by atoms with Crippen LogP contribution in [0.15, 0.2) is 35.7 Å². The summed E-state index contributed by atoms with van der Waals surface area (Å²) in [7, 11) is 3.78. The lowest BCUT2D eigenvalue weighted by atomic mass is 10.3. The number of fused-ring (bicyclic) bond motifs is 1. The first kappa shape index (κ1) is 15.8. The van der Waals surface area contributed by atoms with Gasteiger partial charge < -0.3 is 10.2 Å². The van der Waals surface area contributed by atoms with Crippen molar-refractivity contribution in [1.29, 1.82) is 0 Å². The molecule has 2 heterocycles. The van der Waals surface area contributed by atoms with E-state index in [0.29, 0.717) is 10.6 Å². The number of allylic oxidation sites excluding steroid dienone is 3. The van der Waals surface area contributed by atoms with Crippen molar-refractivity contribution in [3.05, 3.63) is 35.6 Å². The van der Waals surface area contributed by atoms with Gasteiger partial charge in [-0.15, -0.1) is 11.3 Å². The summed E-state index contributed by atoms with van der Waals surface area (Å²) in [6.07, 6.45) is 7.35. The molecule has 0 aliphatic rings. The van der Waals surface area contributed by atoms with E-state index in [9.17, 15) is 4.79 Å². The first-order valence-corrected chi connectivity index (χ1v) is 7.38. The number of aldehydes is 1. The van der Waals surface area contributed by atoms with Gasteiger partial charge >= 0.3 is 0 Å². The lowest BCUT2D eigenvalue weighted by molar-refractivity contribution is 0.112. The maximum atomic E-state index is 11.3. The summed E-state index contributed by atoms with van der Waals surface area (Å²) in [5, 5.41) is 3.80. The highest BCUT2D eigenvalue weighted by molar-refractivity contribution is 7.21. The van der Waals surface area contributed by atoms with Gasteiger partial charge in [-0.05, 0) is 13.0 Å². The standard InChI is InChI=1S/C15H17N5OS/c1-5-6-10(2)16-8-17-13-11(7-21)22-15-12(13)14(20(3)4)18-9-19-15/h5-9H,1H2,2-4H3,(H,16,17)/b10-6+. The van der Waals surface area contributed by atoms with E-state index in [4.69, 9.17) is 0 Å². The maximum Gasteiger partial charge on any atom is 0.162 e. The van der Waals surface area contributed by atoms with Crippen LogP contribution in [0.1, 0.15) is 16.6 Å². The fourth-order valence-corrected chi connectivity index (χ4v) is 2.79. The minimum atomic E-state index is 0.530. The van der Waals surface area contributed by atoms with Gasteiger partial charge in [-0.25, -0.2) is 15.0 Å². The van der Waals surface area contributed by atoms with Gasteiger partial charge in [0.15, 0.2) is 6.29 Å². The molecule has 0 aliphatic heterocycles. The Morgan fingerprint density at radius 2 is 2.23 bits per heavy atom. The van der Waals surface area contributed by atoms with E-state index in [2.05, 4.69) is 26.9 Å². The molecule has 7 heteroatoms. The third kappa shape index (κ3) is 3.20. The zero-order valence-electron chi connectivity index (χ0n) is 12.7. The Morgan fingerprint density at radius 3 is 2.86 bits per heavy atom. The molecule has 2 aromatic heterocycles. The smallest absolute Gasteiger partial charge is 0.162 e. The van der Waals surface area contributed by atoms with Crippen LogP contribution in [-0.2, 0) is 0 Å². The molecule has 0 aromatic carbocycles. The second kappa shape index (κ2) is 6.95. The van der Waals surface area contributed by atoms with E-state index in [1.54, 1.807) is 12.4 Å². The SMILES string of the molecule is C=C/C=C(\C)NC=Nc1c(C=O)sc2ncnc(N(C)C)c12. The van der Waals surface area contributed by atoms with Crippen molar-refractivity contribution >= 4 is 45.7 Å². The Balaban J connectivity index is 2.51. The van der Waals surface area contributed by atoms with Crippen molar-refractivity contribution in [2.24, 2.45) is 4.99 Å². The van der Waals surface area contributed by atoms with Gasteiger partial charge in [0.2, 0.25) is 0 Å². The summed E-state index contributed by atoms with van der Waals surface area (Å²) >= 11 is 1.31. The van der Waals surface area contributed by atoms with Crippen molar-refractivity contribution in [2.75, 3.05) is 19.0 Å². The molecule has 0 aliphatic carbocycles. The molecule has 0 spiro atoms. The summed E-state index contributed by atoms with van der Waals surface area (Å²) in [6, 6.07) is 0. The second-order valence-corrected chi connectivity index (χ2v) is 5.72. The molecule has 0 bridgehead atoms. The van der Waals surface area contributed by atoms with E-state index in [1.165, 1.54) is 17.7 Å². The number of carbonyl (C=O) groups is 1. The number of hydrogen-bond donors (Lipinski definition) is 1. The van der Waals surface area contributed by atoms with E-state index in [0.717, 1.165) is 28.0 Å². The highest BCUT2D eigenvalue weighted by atomic mass is 32.1. The van der Waals surface area contributed by atoms with Gasteiger partial charge in [-0.2, -0.15) is 0 Å². The van der Waals surface area contributed by atoms with E-state index >= 15 is 0 Å². The normalized spacial score (nSPS) is 11.9. The van der Waals surface area contributed by atoms with Crippen LogP contribution in [0.5, 0.6) is 0 Å². The summed E-state index contributed by atoms with van der Waals surface area (Å²) in [4.78, 5) is 27.3. The minimum Gasteiger partial charge on any atom is -0.362 e. The van der Waals surface area contributed by atoms with Gasteiger partial charge in [0.25, 0.3) is 0 Å². The third-order valence-electron chi connectivity index (χ3n) is 2.85. The zero-order valence-corrected chi connectivity index (χ0v) is 13.5. The quantitative estimate of drug-likeness (QED) is 0.384. The average Bonchev–Trinajstić information content (AvgIpc) is 2.85. The predicted octanol–water partition coefficient (Wildman–Crippen LogP) is 2.91. The molecule has 0 unspecified atom stereocenters. The monoisotopic (exact) mass is 315 g/mol. The molecule has 6 nitrogen and oxygen atoms in total. The van der Waals surface area contributed by atoms with Crippen LogP contribution in [0.25, 0.3) is 10.2 Å². The Morgan fingerprint density at radius 1 is 1.45 bits per heavy atom. The molecule has 0 saturated heterocycles. The van der Waals surface area contributed by atoms with Crippen LogP contribution in [0, 0.1) is 0 Å². The van der Waals surface area contributed by atoms with Crippen molar-refractivity contribution in [3.8, 4) is 0 Å². The molecule has 2 rings (SSSR count). The van der Waals surface area contributed by atoms with Crippen molar-refractivity contribution in [2.45, 2.75) is 6.92 Å². The fraction of sp³-hybridized carbons (Fsp3) is 0.200. The van der Waals surface area contributed by atoms with Crippen LogP contribution >= 0.6 is 11.3 Å². The van der Waals surface area contributed by atoms with E-state index in [-0.39, 0.29) is 0 Å². The lowest BCUT2D eigenvalue weighted by Crippen LogP contribution is -2.11. The Hall–Kier alpha value is -2.54. The largest absolute Gasteiger partial charge is 0.362 e. The second-order valence-electron chi connectivity index (χ2n) is 4.69. The topological polar surface area (TPSA) is 70.5 Å². The van der Waals surface area contributed by atoms with Gasteiger partial charge in [0.1, 0.15) is 17.0 Å². The summed E-state index contributed by atoms with van der Waals surface area (Å²) in [5.41, 5.74) is 1.48. The van der Waals surface area contributed by atoms with Crippen LogP contribution in [0.3, 0.4) is 0 Å². The summed E-state index contributed by atoms with van der Waals surface area (Å²) in [5.74, 6) is 0.736. The lowest BCUT2D eigenvalue weighted by Gasteiger charge is -2.12. The molecule has 0 radical (unpaired) electrons. The van der Waals surface area contributed by atoms with Gasteiger partial charge in [-0.3, -0.25) is 4.79 Å². The van der Waals surface area contributed by atoms with Gasteiger partial charge in [0.05, 0.1) is 22.3 Å². The van der Waals surface area contributed by atoms with Crippen LogP contribution in [-0.4, -0.2) is 36.7 Å². The summed E-state index contributed by atoms with van der Waals surface area (Å²) < 4.78 is 0. The summed E-state index contributed by atoms with van der Waals surface area (Å²) in [6.45, 7) is 5.53. The Kier molecular flexibility index (Phi) is 5.00. The van der Waals surface area contributed by atoms with Crippen LogP contribution in [0.2, 0.25) is 0 Å². The number of hydrogen-bond acceptors (Lipinski definition) is 6. The van der Waals surface area contributed by atoms with E-state index < -0.39 is 0 Å². The third-order valence-corrected chi connectivity index (χ3v) is 3.87. The number of rotatable bonds is 6. The fourth-order valence-electron chi connectivity index (χ4n) is 1.89. The number of thiophene rings is 1. The first-order chi connectivity index (χ1) is 10.6. The number of aliphatic imine (C=N–C) groups is 1. The number of aromatic nitrogens is 2. The number of anilines is 1. The molecule has 0 atom stereocenters. The molecular formula is C15H17N5OS. The number of nitrogens with zero attached hydrogens (tertiary/aromatic N) is 4. The van der Waals surface area contributed by atoms with Crippen molar-refractivity contribution < 1.29 is 4.79 Å². The minimum absolute atomic E-state index is 0.530. The first-order valence-electron chi connectivity index (χ1n) is 6.57. The van der Waals surface area contributed by atoms with Gasteiger partial charge in [-0.1, -0.05) is 12.7 Å². The molecule has 0 amide bonds. The van der Waals surface area contributed by atoms with Crippen molar-refractivity contribution in [3.63, 3.8) is 0 Å². The molecule has 0 fully saturated rings. The van der Waals surface area contributed by atoms with Crippen LogP contribution < -0.4 is 10.2 Å². The molecular weight excluding hydrogens is 298 g/mol. The highest BCUT2D eigenvalue weighted by Gasteiger charge is 2.17. The highest BCUT2D eigenvalue weighted by Crippen LogP contribution is 2.39. The predicted molar refractivity (Wildman–Crippen MR) is 92.4 cm³/mol. The average molecular weight is 315 g/mol. The van der Waals surface area contributed by atoms with Crippen molar-refractivity contribution in [1.82, 2.24) is 15.3 Å². The Labute approximate surface area is 132 Å². The Bertz CT molecular complexity index is 761. The number of carbonyl (C=O) groups excluding carboxylic acids is 1. The zero-order chi connectivity index (χ0) is 16.1. The van der Waals surface area contributed by atoms with E-state index in [1.807, 2.05) is 32.0 Å². The van der Waals surface area contributed by atoms with Gasteiger partial charge in [0, 0.05) is 19.8 Å².